The average Bonchev–Trinajstić information content (AvgIpc) is 2.76. The van der Waals surface area contributed by atoms with Crippen molar-refractivity contribution < 1.29 is 27.8 Å². The highest BCUT2D eigenvalue weighted by molar-refractivity contribution is 7.54. The Hall–Kier alpha value is -2.12. The van der Waals surface area contributed by atoms with E-state index in [1.165, 1.54) is 25.3 Å². The van der Waals surface area contributed by atoms with Crippen molar-refractivity contribution in [2.24, 2.45) is 0 Å². The van der Waals surface area contributed by atoms with E-state index in [2.05, 4.69) is 9.80 Å². The van der Waals surface area contributed by atoms with E-state index in [1.807, 2.05) is 0 Å². The van der Waals surface area contributed by atoms with Crippen molar-refractivity contribution in [1.82, 2.24) is 4.90 Å². The molecule has 1 saturated heterocycles. The first kappa shape index (κ1) is 23.5. The zero-order chi connectivity index (χ0) is 22.4. The normalized spacial score (nSPS) is 16.3. The Labute approximate surface area is 182 Å². The largest absolute Gasteiger partial charge is 0.504 e. The van der Waals surface area contributed by atoms with E-state index in [9.17, 15) is 14.1 Å². The van der Waals surface area contributed by atoms with E-state index in [0.29, 0.717) is 37.5 Å². The van der Waals surface area contributed by atoms with Gasteiger partial charge in [-0.1, -0.05) is 6.07 Å². The van der Waals surface area contributed by atoms with Crippen LogP contribution in [0.5, 0.6) is 11.5 Å². The number of hydrogen-bond acceptors (Lipinski definition) is 7. The van der Waals surface area contributed by atoms with Crippen LogP contribution in [-0.4, -0.2) is 56.5 Å². The Morgan fingerprint density at radius 2 is 1.65 bits per heavy atom. The number of phenols is 1. The van der Waals surface area contributed by atoms with Crippen molar-refractivity contribution in [3.8, 4) is 11.5 Å². The Kier molecular flexibility index (Phi) is 7.94. The number of piperazine rings is 1. The molecule has 3 rings (SSSR count). The lowest BCUT2D eigenvalue weighted by molar-refractivity contribution is 0.157. The lowest BCUT2D eigenvalue weighted by Crippen LogP contribution is -2.47. The molecule has 1 fully saturated rings. The summed E-state index contributed by atoms with van der Waals surface area (Å²) in [6, 6.07) is 11.4. The molecule has 1 unspecified atom stereocenters. The molecule has 1 aliphatic heterocycles. The fourth-order valence-corrected chi connectivity index (χ4v) is 6.10. The molecule has 1 aliphatic rings. The molecule has 2 aromatic carbocycles. The lowest BCUT2D eigenvalue weighted by Gasteiger charge is -2.42. The van der Waals surface area contributed by atoms with Gasteiger partial charge in [-0.05, 0) is 55.8 Å². The van der Waals surface area contributed by atoms with E-state index in [-0.39, 0.29) is 24.8 Å². The second-order valence-corrected chi connectivity index (χ2v) is 9.26. The van der Waals surface area contributed by atoms with E-state index in [1.54, 1.807) is 38.1 Å². The van der Waals surface area contributed by atoms with Gasteiger partial charge in [0.15, 0.2) is 11.5 Å². The van der Waals surface area contributed by atoms with Crippen LogP contribution in [0.15, 0.2) is 42.5 Å². The third-order valence-electron chi connectivity index (χ3n) is 5.27. The van der Waals surface area contributed by atoms with Gasteiger partial charge < -0.3 is 23.8 Å². The minimum Gasteiger partial charge on any atom is -0.504 e. The fraction of sp³-hybridized carbons (Fsp3) is 0.455. The molecule has 170 valence electrons. The molecule has 31 heavy (non-hydrogen) atoms. The summed E-state index contributed by atoms with van der Waals surface area (Å²) in [7, 11) is -2.07. The maximum Gasteiger partial charge on any atom is 0.352 e. The SMILES string of the molecule is CCOP(=O)(OCC)C(c1ccc(O)c(OC)c1)N1CCN(c2ccc(F)cc2)CC1. The zero-order valence-corrected chi connectivity index (χ0v) is 19.1. The molecule has 0 spiro atoms. The predicted octanol–water partition coefficient (Wildman–Crippen LogP) is 4.63. The molecule has 0 bridgehead atoms. The van der Waals surface area contributed by atoms with Crippen LogP contribution in [0.25, 0.3) is 0 Å². The number of nitrogens with zero attached hydrogens (tertiary/aromatic N) is 2. The maximum atomic E-state index is 13.8. The van der Waals surface area contributed by atoms with Gasteiger partial charge in [-0.25, -0.2) is 4.39 Å². The van der Waals surface area contributed by atoms with Crippen LogP contribution < -0.4 is 9.64 Å². The van der Waals surface area contributed by atoms with Gasteiger partial charge in [-0.2, -0.15) is 0 Å². The average molecular weight is 452 g/mol. The molecule has 9 heteroatoms. The molecule has 7 nitrogen and oxygen atoms in total. The molecular weight excluding hydrogens is 422 g/mol. The second-order valence-electron chi connectivity index (χ2n) is 7.18. The summed E-state index contributed by atoms with van der Waals surface area (Å²) in [5, 5.41) is 10.0. The van der Waals surface area contributed by atoms with Crippen molar-refractivity contribution in [2.75, 3.05) is 51.4 Å². The predicted molar refractivity (Wildman–Crippen MR) is 118 cm³/mol. The van der Waals surface area contributed by atoms with Crippen molar-refractivity contribution >= 4 is 13.3 Å². The molecule has 0 radical (unpaired) electrons. The van der Waals surface area contributed by atoms with Crippen LogP contribution in [0.3, 0.4) is 0 Å². The first-order chi connectivity index (χ1) is 14.9. The Morgan fingerprint density at radius 1 is 1.03 bits per heavy atom. The molecule has 0 saturated carbocycles. The minimum absolute atomic E-state index is 0.00813. The van der Waals surface area contributed by atoms with Crippen LogP contribution in [0.2, 0.25) is 0 Å². The molecule has 1 heterocycles. The molecule has 1 atom stereocenters. The van der Waals surface area contributed by atoms with E-state index in [0.717, 1.165) is 5.69 Å². The van der Waals surface area contributed by atoms with Gasteiger partial charge in [-0.15, -0.1) is 0 Å². The topological polar surface area (TPSA) is 71.5 Å². The zero-order valence-electron chi connectivity index (χ0n) is 18.2. The number of anilines is 1. The highest BCUT2D eigenvalue weighted by Crippen LogP contribution is 2.62. The van der Waals surface area contributed by atoms with E-state index < -0.39 is 13.4 Å². The summed E-state index contributed by atoms with van der Waals surface area (Å²) in [5.41, 5.74) is 1.64. The highest BCUT2D eigenvalue weighted by atomic mass is 31.2. The van der Waals surface area contributed by atoms with Gasteiger partial charge in [0.1, 0.15) is 11.6 Å². The molecular formula is C22H30FN2O5P. The summed E-state index contributed by atoms with van der Waals surface area (Å²) < 4.78 is 43.8. The number of halogens is 1. The van der Waals surface area contributed by atoms with Gasteiger partial charge in [0.2, 0.25) is 0 Å². The van der Waals surface area contributed by atoms with Crippen LogP contribution in [0.4, 0.5) is 10.1 Å². The molecule has 2 aromatic rings. The molecule has 0 amide bonds. The van der Waals surface area contributed by atoms with Crippen molar-refractivity contribution in [3.05, 3.63) is 53.8 Å². The Balaban J connectivity index is 1.90. The summed E-state index contributed by atoms with van der Waals surface area (Å²) in [6.07, 6.45) is 0. The van der Waals surface area contributed by atoms with Crippen LogP contribution in [0, 0.1) is 5.82 Å². The number of benzene rings is 2. The van der Waals surface area contributed by atoms with Crippen LogP contribution in [0.1, 0.15) is 25.2 Å². The van der Waals surface area contributed by atoms with Crippen molar-refractivity contribution in [3.63, 3.8) is 0 Å². The molecule has 1 N–H and O–H groups in total. The quantitative estimate of drug-likeness (QED) is 0.557. The van der Waals surface area contributed by atoms with Gasteiger partial charge in [0.05, 0.1) is 20.3 Å². The summed E-state index contributed by atoms with van der Waals surface area (Å²) in [6.45, 7) is 6.63. The number of rotatable bonds is 9. The van der Waals surface area contributed by atoms with Gasteiger partial charge in [-0.3, -0.25) is 9.46 Å². The first-order valence-electron chi connectivity index (χ1n) is 10.4. The monoisotopic (exact) mass is 452 g/mol. The summed E-state index contributed by atoms with van der Waals surface area (Å²) >= 11 is 0. The number of hydrogen-bond donors (Lipinski definition) is 1. The van der Waals surface area contributed by atoms with Crippen LogP contribution in [-0.2, 0) is 13.6 Å². The highest BCUT2D eigenvalue weighted by Gasteiger charge is 2.42. The van der Waals surface area contributed by atoms with E-state index in [4.69, 9.17) is 13.8 Å². The van der Waals surface area contributed by atoms with Crippen molar-refractivity contribution in [1.29, 1.82) is 0 Å². The fourth-order valence-electron chi connectivity index (χ4n) is 3.86. The third kappa shape index (κ3) is 5.39. The molecule has 0 aromatic heterocycles. The van der Waals surface area contributed by atoms with Crippen molar-refractivity contribution in [2.45, 2.75) is 19.6 Å². The second kappa shape index (κ2) is 10.5. The number of ether oxygens (including phenoxy) is 1. The van der Waals surface area contributed by atoms with Gasteiger partial charge >= 0.3 is 7.60 Å². The summed E-state index contributed by atoms with van der Waals surface area (Å²) in [5.74, 6) is -0.601. The first-order valence-corrected chi connectivity index (χ1v) is 12.0. The van der Waals surface area contributed by atoms with Gasteiger partial charge in [0, 0.05) is 31.9 Å². The van der Waals surface area contributed by atoms with Crippen LogP contribution >= 0.6 is 7.60 Å². The number of aromatic hydroxyl groups is 1. The smallest absolute Gasteiger partial charge is 0.352 e. The van der Waals surface area contributed by atoms with Gasteiger partial charge in [0.25, 0.3) is 0 Å². The Morgan fingerprint density at radius 3 is 2.19 bits per heavy atom. The number of phenolic OH excluding ortho intramolecular Hbond substituents is 1. The third-order valence-corrected chi connectivity index (χ3v) is 7.73. The standard InChI is InChI=1S/C22H30FN2O5P/c1-4-29-31(27,30-5-2)22(17-6-11-20(26)21(16-17)28-3)25-14-12-24(13-15-25)19-9-7-18(23)8-10-19/h6-11,16,22,26H,4-5,12-15H2,1-3H3. The number of methoxy groups -OCH3 is 1. The Bertz CT molecular complexity index is 893. The lowest BCUT2D eigenvalue weighted by atomic mass is 10.1. The van der Waals surface area contributed by atoms with E-state index >= 15 is 0 Å². The molecule has 0 aliphatic carbocycles. The maximum absolute atomic E-state index is 13.8. The summed E-state index contributed by atoms with van der Waals surface area (Å²) in [4.78, 5) is 4.24. The minimum atomic E-state index is -3.54.